The predicted molar refractivity (Wildman–Crippen MR) is 61.3 cm³/mol. The van der Waals surface area contributed by atoms with Crippen molar-refractivity contribution >= 4 is 11.8 Å². The average Bonchev–Trinajstić information content (AvgIpc) is 2.04. The van der Waals surface area contributed by atoms with Crippen LogP contribution in [0.25, 0.3) is 0 Å². The Kier molecular flexibility index (Phi) is 6.82. The molecule has 0 spiro atoms. The zero-order valence-corrected chi connectivity index (χ0v) is 10.2. The first kappa shape index (κ1) is 13.3. The van der Waals surface area contributed by atoms with Gasteiger partial charge < -0.3 is 10.4 Å². The largest absolute Gasteiger partial charge is 0.392 e. The van der Waals surface area contributed by atoms with Crippen molar-refractivity contribution in [1.82, 2.24) is 5.32 Å². The molecule has 0 fully saturated rings. The summed E-state index contributed by atoms with van der Waals surface area (Å²) in [7, 11) is 0. The Balaban J connectivity index is 3.77. The van der Waals surface area contributed by atoms with Gasteiger partial charge in [-0.2, -0.15) is 11.8 Å². The highest BCUT2D eigenvalue weighted by Gasteiger charge is 2.17. The maximum Gasteiger partial charge on any atom is 0.0628 e. The molecule has 0 bridgehead atoms. The van der Waals surface area contributed by atoms with Crippen LogP contribution in [0.15, 0.2) is 0 Å². The van der Waals surface area contributed by atoms with E-state index in [2.05, 4.69) is 33.0 Å². The van der Waals surface area contributed by atoms with Crippen molar-refractivity contribution in [3.63, 3.8) is 0 Å². The SMILES string of the molecule is CCNC(C)C(C)SC(C)C(C)O. The molecule has 0 heterocycles. The van der Waals surface area contributed by atoms with E-state index >= 15 is 0 Å². The number of aliphatic hydroxyl groups excluding tert-OH is 1. The van der Waals surface area contributed by atoms with Gasteiger partial charge in [0.15, 0.2) is 0 Å². The van der Waals surface area contributed by atoms with Crippen LogP contribution in [0.4, 0.5) is 0 Å². The molecule has 2 N–H and O–H groups in total. The van der Waals surface area contributed by atoms with E-state index in [1.165, 1.54) is 0 Å². The van der Waals surface area contributed by atoms with Gasteiger partial charge in [0.2, 0.25) is 0 Å². The number of rotatable bonds is 6. The lowest BCUT2D eigenvalue weighted by Gasteiger charge is -2.24. The Morgan fingerprint density at radius 3 is 2.08 bits per heavy atom. The van der Waals surface area contributed by atoms with Gasteiger partial charge in [0.25, 0.3) is 0 Å². The van der Waals surface area contributed by atoms with E-state index in [1.807, 2.05) is 18.7 Å². The highest BCUT2D eigenvalue weighted by atomic mass is 32.2. The second-order valence-electron chi connectivity index (χ2n) is 3.63. The molecule has 80 valence electrons. The molecule has 4 atom stereocenters. The maximum atomic E-state index is 9.34. The molecule has 0 aliphatic heterocycles. The summed E-state index contributed by atoms with van der Waals surface area (Å²) >= 11 is 1.84. The Bertz CT molecular complexity index is 130. The van der Waals surface area contributed by atoms with Crippen LogP contribution in [0, 0.1) is 0 Å². The Morgan fingerprint density at radius 2 is 1.69 bits per heavy atom. The standard InChI is InChI=1S/C10H23NOS/c1-6-11-7(2)9(4)13-10(5)8(3)12/h7-12H,6H2,1-5H3. The summed E-state index contributed by atoms with van der Waals surface area (Å²) in [6.07, 6.45) is -0.221. The maximum absolute atomic E-state index is 9.34. The summed E-state index contributed by atoms with van der Waals surface area (Å²) < 4.78 is 0. The molecule has 4 unspecified atom stereocenters. The molecule has 0 rings (SSSR count). The summed E-state index contributed by atoms with van der Waals surface area (Å²) in [6, 6.07) is 0.510. The third-order valence-electron chi connectivity index (χ3n) is 2.34. The fourth-order valence-corrected chi connectivity index (χ4v) is 2.29. The second kappa shape index (κ2) is 6.68. The van der Waals surface area contributed by atoms with Gasteiger partial charge in [-0.25, -0.2) is 0 Å². The van der Waals surface area contributed by atoms with Gasteiger partial charge in [0.1, 0.15) is 0 Å². The van der Waals surface area contributed by atoms with Crippen molar-refractivity contribution in [2.75, 3.05) is 6.54 Å². The molecule has 13 heavy (non-hydrogen) atoms. The molecule has 2 nitrogen and oxygen atoms in total. The van der Waals surface area contributed by atoms with Crippen LogP contribution < -0.4 is 5.32 Å². The molecule has 0 aliphatic rings. The van der Waals surface area contributed by atoms with Gasteiger partial charge in [-0.05, 0) is 20.4 Å². The van der Waals surface area contributed by atoms with E-state index < -0.39 is 0 Å². The average molecular weight is 205 g/mol. The van der Waals surface area contributed by atoms with Crippen LogP contribution in [-0.2, 0) is 0 Å². The van der Waals surface area contributed by atoms with Gasteiger partial charge in [0, 0.05) is 16.5 Å². The minimum absolute atomic E-state index is 0.221. The molecule has 3 heteroatoms. The van der Waals surface area contributed by atoms with Crippen LogP contribution in [0.1, 0.15) is 34.6 Å². The molecule has 0 radical (unpaired) electrons. The second-order valence-corrected chi connectivity index (χ2v) is 5.39. The fourth-order valence-electron chi connectivity index (χ4n) is 1.06. The van der Waals surface area contributed by atoms with Gasteiger partial charge in [-0.15, -0.1) is 0 Å². The van der Waals surface area contributed by atoms with Crippen molar-refractivity contribution in [2.45, 2.75) is 57.3 Å². The van der Waals surface area contributed by atoms with E-state index in [-0.39, 0.29) is 6.10 Å². The molecule has 0 saturated heterocycles. The number of thioether (sulfide) groups is 1. The quantitative estimate of drug-likeness (QED) is 0.694. The Morgan fingerprint density at radius 1 is 1.15 bits per heavy atom. The van der Waals surface area contributed by atoms with Gasteiger partial charge in [0.05, 0.1) is 6.10 Å². The lowest BCUT2D eigenvalue weighted by Crippen LogP contribution is -2.35. The summed E-state index contributed by atoms with van der Waals surface area (Å²) in [6.45, 7) is 11.4. The Hall–Kier alpha value is 0.270. The number of aliphatic hydroxyl groups is 1. The van der Waals surface area contributed by atoms with Gasteiger partial charge in [-0.3, -0.25) is 0 Å². The number of hydrogen-bond acceptors (Lipinski definition) is 3. The van der Waals surface area contributed by atoms with Crippen LogP contribution in [0.2, 0.25) is 0 Å². The van der Waals surface area contributed by atoms with Crippen molar-refractivity contribution in [1.29, 1.82) is 0 Å². The van der Waals surface area contributed by atoms with Crippen molar-refractivity contribution < 1.29 is 5.11 Å². The van der Waals surface area contributed by atoms with Crippen molar-refractivity contribution in [2.24, 2.45) is 0 Å². The predicted octanol–water partition coefficient (Wildman–Crippen LogP) is 1.88. The zero-order valence-electron chi connectivity index (χ0n) is 9.37. The summed E-state index contributed by atoms with van der Waals surface area (Å²) in [4.78, 5) is 0. The normalized spacial score (nSPS) is 20.8. The van der Waals surface area contributed by atoms with Crippen LogP contribution in [0.5, 0.6) is 0 Å². The first-order chi connectivity index (χ1) is 5.99. The number of hydrogen-bond donors (Lipinski definition) is 2. The fraction of sp³-hybridized carbons (Fsp3) is 1.00. The first-order valence-corrected chi connectivity index (χ1v) is 6.00. The van der Waals surface area contributed by atoms with Crippen LogP contribution in [-0.4, -0.2) is 34.3 Å². The van der Waals surface area contributed by atoms with E-state index in [0.29, 0.717) is 16.5 Å². The minimum Gasteiger partial charge on any atom is -0.392 e. The van der Waals surface area contributed by atoms with E-state index in [4.69, 9.17) is 0 Å². The summed E-state index contributed by atoms with van der Waals surface area (Å²) in [5.74, 6) is 0. The Labute approximate surface area is 86.5 Å². The molecule has 0 saturated carbocycles. The lowest BCUT2D eigenvalue weighted by molar-refractivity contribution is 0.196. The van der Waals surface area contributed by atoms with E-state index in [9.17, 15) is 5.11 Å². The third-order valence-corrected chi connectivity index (χ3v) is 4.00. The van der Waals surface area contributed by atoms with Crippen LogP contribution in [0.3, 0.4) is 0 Å². The molecule has 0 aromatic rings. The third kappa shape index (κ3) is 5.55. The van der Waals surface area contributed by atoms with Crippen LogP contribution >= 0.6 is 11.8 Å². The molecule has 0 aromatic heterocycles. The minimum atomic E-state index is -0.221. The summed E-state index contributed by atoms with van der Waals surface area (Å²) in [5, 5.41) is 13.6. The molecular weight excluding hydrogens is 182 g/mol. The molecule has 0 amide bonds. The molecular formula is C10H23NOS. The first-order valence-electron chi connectivity index (χ1n) is 5.06. The molecule has 0 aliphatic carbocycles. The smallest absolute Gasteiger partial charge is 0.0628 e. The van der Waals surface area contributed by atoms with Crippen molar-refractivity contribution in [3.8, 4) is 0 Å². The molecule has 0 aromatic carbocycles. The van der Waals surface area contributed by atoms with E-state index in [1.54, 1.807) is 0 Å². The zero-order chi connectivity index (χ0) is 10.4. The highest BCUT2D eigenvalue weighted by molar-refractivity contribution is 8.00. The van der Waals surface area contributed by atoms with E-state index in [0.717, 1.165) is 6.54 Å². The van der Waals surface area contributed by atoms with Crippen molar-refractivity contribution in [3.05, 3.63) is 0 Å². The van der Waals surface area contributed by atoms with Gasteiger partial charge >= 0.3 is 0 Å². The van der Waals surface area contributed by atoms with Gasteiger partial charge in [-0.1, -0.05) is 20.8 Å². The monoisotopic (exact) mass is 205 g/mol. The lowest BCUT2D eigenvalue weighted by atomic mass is 10.2. The topological polar surface area (TPSA) is 32.3 Å². The summed E-state index contributed by atoms with van der Waals surface area (Å²) in [5.41, 5.74) is 0. The number of nitrogens with one attached hydrogen (secondary N) is 1. The highest BCUT2D eigenvalue weighted by Crippen LogP contribution is 2.22.